The Morgan fingerprint density at radius 1 is 1.11 bits per heavy atom. The van der Waals surface area contributed by atoms with Gasteiger partial charge in [0.05, 0.1) is 10.5 Å². The number of alkyl halides is 3. The molecule has 0 aliphatic carbocycles. The average Bonchev–Trinajstić information content (AvgIpc) is 2.65. The molecule has 28 heavy (non-hydrogen) atoms. The highest BCUT2D eigenvalue weighted by atomic mass is 32.2. The fraction of sp³-hybridized carbons (Fsp3) is 0.316. The summed E-state index contributed by atoms with van der Waals surface area (Å²) in [6, 6.07) is 8.98. The summed E-state index contributed by atoms with van der Waals surface area (Å²) in [4.78, 5) is 14.4. The van der Waals surface area contributed by atoms with Crippen LogP contribution in [0.25, 0.3) is 0 Å². The van der Waals surface area contributed by atoms with Gasteiger partial charge in [-0.3, -0.25) is 4.79 Å². The first-order valence-electron chi connectivity index (χ1n) is 8.56. The van der Waals surface area contributed by atoms with Crippen molar-refractivity contribution in [3.05, 3.63) is 59.2 Å². The highest BCUT2D eigenvalue weighted by molar-refractivity contribution is 7.89. The molecule has 0 spiro atoms. The zero-order valence-electron chi connectivity index (χ0n) is 15.3. The van der Waals surface area contributed by atoms with Crippen molar-refractivity contribution in [2.75, 3.05) is 25.5 Å². The van der Waals surface area contributed by atoms with Crippen LogP contribution in [0, 0.1) is 0 Å². The van der Waals surface area contributed by atoms with Crippen LogP contribution in [0.15, 0.2) is 47.4 Å². The molecular formula is C19H19F3N2O3S. The van der Waals surface area contributed by atoms with Gasteiger partial charge >= 0.3 is 6.18 Å². The Hall–Kier alpha value is -2.39. The van der Waals surface area contributed by atoms with Gasteiger partial charge in [-0.15, -0.1) is 0 Å². The van der Waals surface area contributed by atoms with Crippen molar-refractivity contribution in [1.82, 2.24) is 4.31 Å². The predicted octanol–water partition coefficient (Wildman–Crippen LogP) is 3.55. The van der Waals surface area contributed by atoms with Crippen molar-refractivity contribution in [2.24, 2.45) is 0 Å². The first-order valence-corrected chi connectivity index (χ1v) is 10.0. The van der Waals surface area contributed by atoms with Gasteiger partial charge in [0.1, 0.15) is 0 Å². The lowest BCUT2D eigenvalue weighted by atomic mass is 9.98. The van der Waals surface area contributed by atoms with Gasteiger partial charge in [-0.05, 0) is 54.8 Å². The number of hydrogen-bond donors (Lipinski definition) is 0. The fourth-order valence-electron chi connectivity index (χ4n) is 3.14. The fourth-order valence-corrected chi connectivity index (χ4v) is 4.09. The summed E-state index contributed by atoms with van der Waals surface area (Å²) >= 11 is 0. The van der Waals surface area contributed by atoms with Gasteiger partial charge in [-0.2, -0.15) is 13.2 Å². The van der Waals surface area contributed by atoms with Crippen LogP contribution in [-0.2, 0) is 22.6 Å². The number of nitrogens with zero attached hydrogens (tertiary/aromatic N) is 2. The van der Waals surface area contributed by atoms with Gasteiger partial charge in [0.2, 0.25) is 10.0 Å². The summed E-state index contributed by atoms with van der Waals surface area (Å²) in [6.45, 7) is 0.349. The van der Waals surface area contributed by atoms with Gasteiger partial charge in [0.15, 0.2) is 0 Å². The largest absolute Gasteiger partial charge is 0.416 e. The van der Waals surface area contributed by atoms with E-state index in [0.717, 1.165) is 16.4 Å². The van der Waals surface area contributed by atoms with Crippen LogP contribution in [-0.4, -0.2) is 39.3 Å². The van der Waals surface area contributed by atoms with Crippen molar-refractivity contribution in [3.8, 4) is 0 Å². The molecule has 3 rings (SSSR count). The third kappa shape index (κ3) is 3.77. The van der Waals surface area contributed by atoms with Crippen LogP contribution in [0.1, 0.15) is 27.9 Å². The zero-order valence-corrected chi connectivity index (χ0v) is 16.1. The molecule has 5 nitrogen and oxygen atoms in total. The number of fused-ring (bicyclic) bond motifs is 1. The minimum atomic E-state index is -4.45. The van der Waals surface area contributed by atoms with E-state index in [-0.39, 0.29) is 10.5 Å². The number of benzene rings is 2. The second-order valence-electron chi connectivity index (χ2n) is 6.72. The van der Waals surface area contributed by atoms with E-state index in [1.54, 1.807) is 0 Å². The summed E-state index contributed by atoms with van der Waals surface area (Å²) in [6.07, 6.45) is -3.48. The lowest BCUT2D eigenvalue weighted by molar-refractivity contribution is -0.137. The summed E-state index contributed by atoms with van der Waals surface area (Å²) in [7, 11) is -0.925. The number of anilines is 1. The van der Waals surface area contributed by atoms with Crippen LogP contribution >= 0.6 is 0 Å². The number of halogens is 3. The molecule has 0 radical (unpaired) electrons. The van der Waals surface area contributed by atoms with E-state index in [1.807, 2.05) is 0 Å². The molecule has 0 atom stereocenters. The van der Waals surface area contributed by atoms with Crippen molar-refractivity contribution in [1.29, 1.82) is 0 Å². The maximum atomic E-state index is 13.0. The summed E-state index contributed by atoms with van der Waals surface area (Å²) in [5, 5.41) is 0. The molecule has 1 aliphatic heterocycles. The number of amides is 1. The normalized spacial score (nSPS) is 14.9. The number of sulfonamides is 1. The Kier molecular flexibility index (Phi) is 5.24. The molecular weight excluding hydrogens is 393 g/mol. The maximum Gasteiger partial charge on any atom is 0.416 e. The van der Waals surface area contributed by atoms with Crippen LogP contribution in [0.4, 0.5) is 18.9 Å². The summed E-state index contributed by atoms with van der Waals surface area (Å²) < 4.78 is 64.5. The summed E-state index contributed by atoms with van der Waals surface area (Å²) in [5.74, 6) is -0.448. The van der Waals surface area contributed by atoms with E-state index in [9.17, 15) is 26.4 Å². The van der Waals surface area contributed by atoms with E-state index in [0.29, 0.717) is 30.6 Å². The van der Waals surface area contributed by atoms with Crippen LogP contribution in [0.3, 0.4) is 0 Å². The van der Waals surface area contributed by atoms with Crippen LogP contribution < -0.4 is 4.90 Å². The van der Waals surface area contributed by atoms with Crippen molar-refractivity contribution in [2.45, 2.75) is 23.9 Å². The SMILES string of the molecule is CN(C)S(=O)(=O)c1cccc(C(=O)N2CCCc3cc(C(F)(F)F)ccc32)c1. The average molecular weight is 412 g/mol. The maximum absolute atomic E-state index is 13.0. The Labute approximate surface area is 161 Å². The Morgan fingerprint density at radius 3 is 2.46 bits per heavy atom. The standard InChI is InChI=1S/C19H19F3N2O3S/c1-23(2)28(26,27)16-7-3-5-14(12-16)18(25)24-10-4-6-13-11-15(19(20,21)22)8-9-17(13)24/h3,5,7-9,11-12H,4,6,10H2,1-2H3. The minimum Gasteiger partial charge on any atom is -0.308 e. The number of rotatable bonds is 3. The van der Waals surface area contributed by atoms with Crippen molar-refractivity contribution < 1.29 is 26.4 Å². The predicted molar refractivity (Wildman–Crippen MR) is 98.8 cm³/mol. The highest BCUT2D eigenvalue weighted by Crippen LogP contribution is 2.35. The highest BCUT2D eigenvalue weighted by Gasteiger charge is 2.33. The van der Waals surface area contributed by atoms with E-state index < -0.39 is 27.7 Å². The molecule has 1 aliphatic rings. The molecule has 2 aromatic carbocycles. The van der Waals surface area contributed by atoms with Gasteiger partial charge in [0, 0.05) is 31.9 Å². The second-order valence-corrected chi connectivity index (χ2v) is 8.87. The number of carbonyl (C=O) groups excluding carboxylic acids is 1. The molecule has 1 amide bonds. The molecule has 9 heteroatoms. The molecule has 0 bridgehead atoms. The van der Waals surface area contributed by atoms with E-state index in [1.165, 1.54) is 49.3 Å². The molecule has 0 aromatic heterocycles. The lowest BCUT2D eigenvalue weighted by Gasteiger charge is -2.30. The third-order valence-electron chi connectivity index (χ3n) is 4.63. The number of aryl methyl sites for hydroxylation is 1. The lowest BCUT2D eigenvalue weighted by Crippen LogP contribution is -2.35. The van der Waals surface area contributed by atoms with Crippen molar-refractivity contribution >= 4 is 21.6 Å². The summed E-state index contributed by atoms with van der Waals surface area (Å²) in [5.41, 5.74) is 0.284. The molecule has 0 fully saturated rings. The quantitative estimate of drug-likeness (QED) is 0.775. The molecule has 0 unspecified atom stereocenters. The molecule has 1 heterocycles. The topological polar surface area (TPSA) is 57.7 Å². The monoisotopic (exact) mass is 412 g/mol. The van der Waals surface area contributed by atoms with Gasteiger partial charge in [0.25, 0.3) is 5.91 Å². The first-order chi connectivity index (χ1) is 13.0. The van der Waals surface area contributed by atoms with Gasteiger partial charge in [-0.1, -0.05) is 6.07 Å². The smallest absolute Gasteiger partial charge is 0.308 e. The van der Waals surface area contributed by atoms with E-state index in [4.69, 9.17) is 0 Å². The minimum absolute atomic E-state index is 0.0204. The second kappa shape index (κ2) is 7.21. The Morgan fingerprint density at radius 2 is 1.82 bits per heavy atom. The molecule has 0 saturated heterocycles. The zero-order chi connectivity index (χ0) is 20.7. The molecule has 150 valence electrons. The number of carbonyl (C=O) groups is 1. The molecule has 0 saturated carbocycles. The van der Waals surface area contributed by atoms with Crippen molar-refractivity contribution in [3.63, 3.8) is 0 Å². The first kappa shape index (κ1) is 20.3. The van der Waals surface area contributed by atoms with Crippen LogP contribution in [0.5, 0.6) is 0 Å². The molecule has 2 aromatic rings. The Balaban J connectivity index is 1.98. The molecule has 0 N–H and O–H groups in total. The Bertz CT molecular complexity index is 1020. The van der Waals surface area contributed by atoms with Gasteiger partial charge in [-0.25, -0.2) is 12.7 Å². The van der Waals surface area contributed by atoms with Gasteiger partial charge < -0.3 is 4.90 Å². The number of hydrogen-bond acceptors (Lipinski definition) is 3. The third-order valence-corrected chi connectivity index (χ3v) is 6.44. The van der Waals surface area contributed by atoms with E-state index >= 15 is 0 Å². The van der Waals surface area contributed by atoms with E-state index in [2.05, 4.69) is 0 Å². The van der Waals surface area contributed by atoms with Crippen LogP contribution in [0.2, 0.25) is 0 Å².